The van der Waals surface area contributed by atoms with Crippen LogP contribution in [0.2, 0.25) is 0 Å². The van der Waals surface area contributed by atoms with Crippen LogP contribution in [0.4, 0.5) is 10.5 Å². The molecule has 0 saturated carbocycles. The number of anilines is 1. The van der Waals surface area contributed by atoms with Crippen LogP contribution in [0.1, 0.15) is 52.2 Å². The number of nitrogens with one attached hydrogen (secondary N) is 3. The second-order valence-electron chi connectivity index (χ2n) is 12.4. The number of benzene rings is 3. The molecule has 0 aromatic heterocycles. The van der Waals surface area contributed by atoms with Crippen molar-refractivity contribution in [2.75, 3.05) is 26.6 Å². The van der Waals surface area contributed by atoms with Gasteiger partial charge in [-0.1, -0.05) is 56.3 Å². The van der Waals surface area contributed by atoms with Crippen molar-refractivity contribution in [3.63, 3.8) is 0 Å². The molecule has 0 fully saturated rings. The van der Waals surface area contributed by atoms with Crippen molar-refractivity contribution in [1.82, 2.24) is 10.6 Å². The number of carbonyl (C=O) groups is 3. The molecule has 3 rings (SSSR count). The zero-order chi connectivity index (χ0) is 34.6. The molecule has 0 heterocycles. The van der Waals surface area contributed by atoms with Crippen molar-refractivity contribution in [2.45, 2.75) is 71.8 Å². The van der Waals surface area contributed by atoms with E-state index in [0.29, 0.717) is 41.7 Å². The second kappa shape index (κ2) is 17.1. The largest absolute Gasteiger partial charge is 0.493 e. The van der Waals surface area contributed by atoms with Gasteiger partial charge < -0.3 is 39.6 Å². The number of hydrogen-bond acceptors (Lipinski definition) is 8. The van der Waals surface area contributed by atoms with E-state index in [1.165, 1.54) is 21.3 Å². The highest BCUT2D eigenvalue weighted by molar-refractivity contribution is 5.95. The van der Waals surface area contributed by atoms with Gasteiger partial charge in [0.1, 0.15) is 30.0 Å². The molecule has 0 saturated heterocycles. The summed E-state index contributed by atoms with van der Waals surface area (Å²) in [5.41, 5.74) is 1.43. The molecule has 2 atom stereocenters. The molecule has 3 aromatic rings. The third-order valence-electron chi connectivity index (χ3n) is 6.87. The molecule has 3 aromatic carbocycles. The predicted molar refractivity (Wildman–Crippen MR) is 180 cm³/mol. The van der Waals surface area contributed by atoms with Crippen molar-refractivity contribution in [2.24, 2.45) is 5.92 Å². The number of amides is 3. The molecular formula is C36H47N3O8. The molecular weight excluding hydrogens is 602 g/mol. The van der Waals surface area contributed by atoms with Crippen LogP contribution in [0.25, 0.3) is 0 Å². The molecule has 3 N–H and O–H groups in total. The Bertz CT molecular complexity index is 1440. The average molecular weight is 650 g/mol. The Kier molecular flexibility index (Phi) is 13.3. The van der Waals surface area contributed by atoms with Crippen LogP contribution in [0, 0.1) is 5.92 Å². The van der Waals surface area contributed by atoms with Gasteiger partial charge in [-0.2, -0.15) is 0 Å². The van der Waals surface area contributed by atoms with Crippen LogP contribution in [-0.2, 0) is 27.4 Å². The Labute approximate surface area is 277 Å². The first kappa shape index (κ1) is 36.5. The zero-order valence-electron chi connectivity index (χ0n) is 28.5. The normalized spacial score (nSPS) is 12.4. The molecule has 0 bridgehead atoms. The molecule has 11 heteroatoms. The first-order valence-corrected chi connectivity index (χ1v) is 15.5. The molecule has 0 aliphatic rings. The van der Waals surface area contributed by atoms with Crippen molar-refractivity contribution < 1.29 is 38.1 Å². The number of ether oxygens (including phenoxy) is 5. The summed E-state index contributed by atoms with van der Waals surface area (Å²) < 4.78 is 27.6. The minimum Gasteiger partial charge on any atom is -0.493 e. The van der Waals surface area contributed by atoms with Crippen LogP contribution >= 0.6 is 0 Å². The summed E-state index contributed by atoms with van der Waals surface area (Å²) in [4.78, 5) is 40.1. The fraction of sp³-hybridized carbons (Fsp3) is 0.417. The minimum absolute atomic E-state index is 0.0515. The fourth-order valence-corrected chi connectivity index (χ4v) is 4.72. The second-order valence-corrected chi connectivity index (χ2v) is 12.4. The predicted octanol–water partition coefficient (Wildman–Crippen LogP) is 5.90. The number of rotatable bonds is 15. The number of carbonyl (C=O) groups excluding carboxylic acids is 3. The number of methoxy groups -OCH3 is 3. The maximum Gasteiger partial charge on any atom is 0.329 e. The van der Waals surface area contributed by atoms with E-state index in [4.69, 9.17) is 23.7 Å². The van der Waals surface area contributed by atoms with Gasteiger partial charge in [-0.15, -0.1) is 0 Å². The summed E-state index contributed by atoms with van der Waals surface area (Å²) in [7, 11) is 4.43. The van der Waals surface area contributed by atoms with Gasteiger partial charge in [-0.25, -0.2) is 9.59 Å². The minimum atomic E-state index is -1.01. The molecule has 0 spiro atoms. The lowest BCUT2D eigenvalue weighted by atomic mass is 10.0. The van der Waals surface area contributed by atoms with Gasteiger partial charge in [-0.05, 0) is 56.4 Å². The summed E-state index contributed by atoms with van der Waals surface area (Å²) in [5, 5.41) is 8.30. The third kappa shape index (κ3) is 11.7. The first-order chi connectivity index (χ1) is 22.3. The van der Waals surface area contributed by atoms with Gasteiger partial charge in [-0.3, -0.25) is 4.79 Å². The molecule has 0 aliphatic heterocycles. The molecule has 2 unspecified atom stereocenters. The molecule has 11 nitrogen and oxygen atoms in total. The summed E-state index contributed by atoms with van der Waals surface area (Å²) in [6.07, 6.45) is 0.495. The number of esters is 1. The zero-order valence-corrected chi connectivity index (χ0v) is 28.5. The molecule has 254 valence electrons. The maximum absolute atomic E-state index is 13.7. The van der Waals surface area contributed by atoms with Crippen molar-refractivity contribution in [3.8, 4) is 23.0 Å². The maximum atomic E-state index is 13.7. The average Bonchev–Trinajstić information content (AvgIpc) is 3.02. The fourth-order valence-electron chi connectivity index (χ4n) is 4.72. The lowest BCUT2D eigenvalue weighted by Gasteiger charge is -2.27. The van der Waals surface area contributed by atoms with Gasteiger partial charge in [0.15, 0.2) is 11.5 Å². The molecule has 0 aliphatic carbocycles. The van der Waals surface area contributed by atoms with Gasteiger partial charge in [0, 0.05) is 18.6 Å². The van der Waals surface area contributed by atoms with E-state index in [-0.39, 0.29) is 12.3 Å². The summed E-state index contributed by atoms with van der Waals surface area (Å²) in [6.45, 7) is 9.59. The highest BCUT2D eigenvalue weighted by Crippen LogP contribution is 2.39. The highest BCUT2D eigenvalue weighted by Gasteiger charge is 2.31. The monoisotopic (exact) mass is 649 g/mol. The quantitative estimate of drug-likeness (QED) is 0.174. The molecule has 47 heavy (non-hydrogen) atoms. The van der Waals surface area contributed by atoms with E-state index >= 15 is 0 Å². The van der Waals surface area contributed by atoms with Crippen molar-refractivity contribution in [3.05, 3.63) is 77.9 Å². The van der Waals surface area contributed by atoms with Crippen LogP contribution in [0.5, 0.6) is 23.0 Å². The topological polar surface area (TPSA) is 133 Å². The standard InChI is InChI=1S/C36H47N3O8/c1-23(2)18-28(39-35(42)37-26-20-30(43-6)32(45-8)31(21-26)44-7)33(40)38-29(34(41)47-36(3,4)5)19-24-14-16-27(17-15-24)46-22-25-12-10-9-11-13-25/h9-17,20-21,23,28-29H,18-19,22H2,1-8H3,(H,38,40)(H2,37,39,42). The SMILES string of the molecule is COc1cc(NC(=O)NC(CC(C)C)C(=O)NC(Cc2ccc(OCc3ccccc3)cc2)C(=O)OC(C)(C)C)cc(OC)c1OC. The Balaban J connectivity index is 1.74. The van der Waals surface area contributed by atoms with Gasteiger partial charge in [0.2, 0.25) is 11.7 Å². The summed E-state index contributed by atoms with van der Waals surface area (Å²) >= 11 is 0. The van der Waals surface area contributed by atoms with Gasteiger partial charge in [0.25, 0.3) is 0 Å². The smallest absolute Gasteiger partial charge is 0.329 e. The van der Waals surface area contributed by atoms with Crippen LogP contribution in [0.3, 0.4) is 0 Å². The lowest BCUT2D eigenvalue weighted by Crippen LogP contribution is -2.54. The lowest BCUT2D eigenvalue weighted by molar-refractivity contribution is -0.158. The summed E-state index contributed by atoms with van der Waals surface area (Å²) in [5.74, 6) is 0.716. The Morgan fingerprint density at radius 1 is 0.766 bits per heavy atom. The Morgan fingerprint density at radius 2 is 1.38 bits per heavy atom. The first-order valence-electron chi connectivity index (χ1n) is 15.5. The van der Waals surface area contributed by atoms with Crippen LogP contribution in [0.15, 0.2) is 66.7 Å². The molecule has 0 radical (unpaired) electrons. The van der Waals surface area contributed by atoms with Crippen molar-refractivity contribution in [1.29, 1.82) is 0 Å². The van der Waals surface area contributed by atoms with E-state index in [1.807, 2.05) is 68.4 Å². The number of hydrogen-bond donors (Lipinski definition) is 3. The molecule has 3 amide bonds. The summed E-state index contributed by atoms with van der Waals surface area (Å²) in [6, 6.07) is 17.7. The van der Waals surface area contributed by atoms with E-state index in [2.05, 4.69) is 16.0 Å². The van der Waals surface area contributed by atoms with E-state index in [1.54, 1.807) is 32.9 Å². The van der Waals surface area contributed by atoms with Gasteiger partial charge in [0.05, 0.1) is 27.0 Å². The van der Waals surface area contributed by atoms with Crippen LogP contribution < -0.4 is 34.9 Å². The Morgan fingerprint density at radius 3 is 1.91 bits per heavy atom. The third-order valence-corrected chi connectivity index (χ3v) is 6.87. The van der Waals surface area contributed by atoms with Crippen molar-refractivity contribution >= 4 is 23.6 Å². The highest BCUT2D eigenvalue weighted by atomic mass is 16.6. The van der Waals surface area contributed by atoms with E-state index in [9.17, 15) is 14.4 Å². The van der Waals surface area contributed by atoms with E-state index < -0.39 is 35.6 Å². The Hall–Kier alpha value is -4.93. The number of urea groups is 1. The van der Waals surface area contributed by atoms with E-state index in [0.717, 1.165) is 11.1 Å². The van der Waals surface area contributed by atoms with Crippen LogP contribution in [-0.4, -0.2) is 56.9 Å². The van der Waals surface area contributed by atoms with Gasteiger partial charge >= 0.3 is 12.0 Å².